The number of aromatic nitrogens is 2. The van der Waals surface area contributed by atoms with E-state index in [4.69, 9.17) is 11.6 Å². The molecule has 0 aliphatic rings. The smallest absolute Gasteiger partial charge is 0.253 e. The minimum atomic E-state index is -0.236. The van der Waals surface area contributed by atoms with Crippen LogP contribution in [0.3, 0.4) is 0 Å². The molecule has 2 aromatic rings. The van der Waals surface area contributed by atoms with Crippen LogP contribution in [0.25, 0.3) is 11.0 Å². The third kappa shape index (κ3) is 2.22. The summed E-state index contributed by atoms with van der Waals surface area (Å²) in [7, 11) is 0. The van der Waals surface area contributed by atoms with Crippen LogP contribution in [0.15, 0.2) is 18.5 Å². The molecule has 0 spiro atoms. The van der Waals surface area contributed by atoms with Gasteiger partial charge in [-0.25, -0.2) is 0 Å². The second-order valence-electron chi connectivity index (χ2n) is 3.79. The zero-order chi connectivity index (χ0) is 13.1. The fraction of sp³-hybridized carbons (Fsp3) is 0.250. The molecular weight excluding hydrogens is 254 g/mol. The van der Waals surface area contributed by atoms with Crippen LogP contribution in [0.1, 0.15) is 27.6 Å². The highest BCUT2D eigenvalue weighted by atomic mass is 35.5. The van der Waals surface area contributed by atoms with Crippen LogP contribution in [-0.4, -0.2) is 34.1 Å². The van der Waals surface area contributed by atoms with Gasteiger partial charge in [0.15, 0.2) is 5.78 Å². The topological polar surface area (TPSA) is 74.8 Å². The Morgan fingerprint density at radius 3 is 2.89 bits per heavy atom. The highest BCUT2D eigenvalue weighted by Crippen LogP contribution is 2.19. The molecular formula is C12H12ClN3O2. The second-order valence-corrected chi connectivity index (χ2v) is 4.16. The van der Waals surface area contributed by atoms with Gasteiger partial charge in [-0.15, -0.1) is 11.6 Å². The summed E-state index contributed by atoms with van der Waals surface area (Å²) in [5, 5.41) is 2.68. The van der Waals surface area contributed by atoms with Crippen LogP contribution < -0.4 is 5.32 Å². The molecule has 0 aromatic carbocycles. The standard InChI is InChI=1S/C12H12ClN3O2/c1-7(17)9-6-16-10-8(2-4-14-11(9)10)12(18)15-5-3-13/h2,4,6,16H,3,5H2,1H3,(H,15,18). The van der Waals surface area contributed by atoms with Crippen LogP contribution in [0.5, 0.6) is 0 Å². The number of halogens is 1. The van der Waals surface area contributed by atoms with E-state index in [1.165, 1.54) is 13.1 Å². The first-order chi connectivity index (χ1) is 8.65. The molecule has 0 aliphatic heterocycles. The normalized spacial score (nSPS) is 10.6. The number of pyridine rings is 1. The quantitative estimate of drug-likeness (QED) is 0.653. The molecule has 94 valence electrons. The number of nitrogens with one attached hydrogen (secondary N) is 2. The molecule has 0 unspecified atom stereocenters. The van der Waals surface area contributed by atoms with E-state index in [1.807, 2.05) is 0 Å². The zero-order valence-electron chi connectivity index (χ0n) is 9.79. The molecule has 2 aromatic heterocycles. The van der Waals surface area contributed by atoms with Gasteiger partial charge in [-0.3, -0.25) is 14.6 Å². The lowest BCUT2D eigenvalue weighted by Crippen LogP contribution is -2.25. The molecule has 5 nitrogen and oxygen atoms in total. The molecule has 0 bridgehead atoms. The van der Waals surface area contributed by atoms with Crippen molar-refractivity contribution in [1.29, 1.82) is 0 Å². The summed E-state index contributed by atoms with van der Waals surface area (Å²) in [5.41, 5.74) is 2.02. The second kappa shape index (κ2) is 5.18. The first-order valence-corrected chi connectivity index (χ1v) is 5.99. The third-order valence-corrected chi connectivity index (χ3v) is 2.76. The molecule has 0 aliphatic carbocycles. The van der Waals surface area contributed by atoms with E-state index in [2.05, 4.69) is 15.3 Å². The molecule has 18 heavy (non-hydrogen) atoms. The Kier molecular flexibility index (Phi) is 3.62. The Morgan fingerprint density at radius 2 is 2.22 bits per heavy atom. The van der Waals surface area contributed by atoms with Crippen molar-refractivity contribution in [2.75, 3.05) is 12.4 Å². The number of aromatic amines is 1. The maximum absolute atomic E-state index is 11.9. The number of rotatable bonds is 4. The van der Waals surface area contributed by atoms with Crippen LogP contribution in [0, 0.1) is 0 Å². The van der Waals surface area contributed by atoms with Crippen molar-refractivity contribution in [3.05, 3.63) is 29.6 Å². The van der Waals surface area contributed by atoms with Crippen molar-refractivity contribution in [2.45, 2.75) is 6.92 Å². The molecule has 0 atom stereocenters. The summed E-state index contributed by atoms with van der Waals surface area (Å²) in [6.07, 6.45) is 3.08. The van der Waals surface area contributed by atoms with E-state index < -0.39 is 0 Å². The number of amides is 1. The van der Waals surface area contributed by atoms with Crippen molar-refractivity contribution in [3.63, 3.8) is 0 Å². The summed E-state index contributed by atoms with van der Waals surface area (Å²) in [6.45, 7) is 1.86. The Morgan fingerprint density at radius 1 is 1.44 bits per heavy atom. The zero-order valence-corrected chi connectivity index (χ0v) is 10.5. The van der Waals surface area contributed by atoms with Crippen LogP contribution in [0.2, 0.25) is 0 Å². The minimum Gasteiger partial charge on any atom is -0.358 e. The SMILES string of the molecule is CC(=O)c1c[nH]c2c(C(=O)NCCCl)ccnc12. The van der Waals surface area contributed by atoms with Crippen molar-refractivity contribution in [2.24, 2.45) is 0 Å². The molecule has 0 fully saturated rings. The largest absolute Gasteiger partial charge is 0.358 e. The Hall–Kier alpha value is -1.88. The summed E-state index contributed by atoms with van der Waals surface area (Å²) in [6, 6.07) is 1.60. The Labute approximate surface area is 109 Å². The van der Waals surface area contributed by atoms with Gasteiger partial charge < -0.3 is 10.3 Å². The summed E-state index contributed by atoms with van der Waals surface area (Å²) in [4.78, 5) is 30.3. The molecule has 0 saturated carbocycles. The van der Waals surface area contributed by atoms with Gasteiger partial charge in [0.25, 0.3) is 5.91 Å². The molecule has 0 saturated heterocycles. The van der Waals surface area contributed by atoms with Gasteiger partial charge in [0, 0.05) is 24.8 Å². The number of hydrogen-bond acceptors (Lipinski definition) is 3. The number of carbonyl (C=O) groups is 2. The number of Topliss-reactive ketones (excluding diaryl/α,β-unsaturated/α-hetero) is 1. The predicted octanol–water partition coefficient (Wildman–Crippen LogP) is 1.73. The lowest BCUT2D eigenvalue weighted by atomic mass is 10.1. The van der Waals surface area contributed by atoms with Crippen LogP contribution in [-0.2, 0) is 0 Å². The number of H-pyrrole nitrogens is 1. The predicted molar refractivity (Wildman–Crippen MR) is 69.2 cm³/mol. The third-order valence-electron chi connectivity index (χ3n) is 2.57. The van der Waals surface area contributed by atoms with E-state index in [0.29, 0.717) is 34.6 Å². The van der Waals surface area contributed by atoms with Crippen molar-refractivity contribution >= 4 is 34.3 Å². The molecule has 6 heteroatoms. The Bertz CT molecular complexity index is 606. The van der Waals surface area contributed by atoms with E-state index >= 15 is 0 Å². The Balaban J connectivity index is 2.46. The van der Waals surface area contributed by atoms with Crippen molar-refractivity contribution in [3.8, 4) is 0 Å². The van der Waals surface area contributed by atoms with E-state index in [9.17, 15) is 9.59 Å². The van der Waals surface area contributed by atoms with Gasteiger partial charge in [0.1, 0.15) is 0 Å². The maximum atomic E-state index is 11.9. The number of nitrogens with zero attached hydrogens (tertiary/aromatic N) is 1. The molecule has 2 rings (SSSR count). The van der Waals surface area contributed by atoms with E-state index in [1.54, 1.807) is 12.3 Å². The number of fused-ring (bicyclic) bond motifs is 1. The number of hydrogen-bond donors (Lipinski definition) is 2. The fourth-order valence-electron chi connectivity index (χ4n) is 1.74. The van der Waals surface area contributed by atoms with Gasteiger partial charge in [-0.2, -0.15) is 0 Å². The van der Waals surface area contributed by atoms with Gasteiger partial charge in [0.05, 0.1) is 22.2 Å². The molecule has 1 amide bonds. The lowest BCUT2D eigenvalue weighted by Gasteiger charge is -2.04. The average Bonchev–Trinajstić information content (AvgIpc) is 2.79. The van der Waals surface area contributed by atoms with Gasteiger partial charge in [-0.1, -0.05) is 0 Å². The van der Waals surface area contributed by atoms with Gasteiger partial charge in [0.2, 0.25) is 0 Å². The van der Waals surface area contributed by atoms with Gasteiger partial charge >= 0.3 is 0 Å². The molecule has 2 N–H and O–H groups in total. The minimum absolute atomic E-state index is 0.0907. The highest BCUT2D eigenvalue weighted by Gasteiger charge is 2.15. The first-order valence-electron chi connectivity index (χ1n) is 5.46. The summed E-state index contributed by atoms with van der Waals surface area (Å²) >= 11 is 5.52. The first kappa shape index (κ1) is 12.6. The monoisotopic (exact) mass is 265 g/mol. The summed E-state index contributed by atoms with van der Waals surface area (Å²) in [5.74, 6) is 0.0238. The van der Waals surface area contributed by atoms with E-state index in [-0.39, 0.29) is 11.7 Å². The van der Waals surface area contributed by atoms with E-state index in [0.717, 1.165) is 0 Å². The van der Waals surface area contributed by atoms with Crippen molar-refractivity contribution < 1.29 is 9.59 Å². The molecule has 2 heterocycles. The fourth-order valence-corrected chi connectivity index (χ4v) is 1.83. The van der Waals surface area contributed by atoms with Crippen molar-refractivity contribution in [1.82, 2.24) is 15.3 Å². The van der Waals surface area contributed by atoms with Crippen LogP contribution >= 0.6 is 11.6 Å². The molecule has 0 radical (unpaired) electrons. The van der Waals surface area contributed by atoms with Gasteiger partial charge in [-0.05, 0) is 13.0 Å². The number of ketones is 1. The maximum Gasteiger partial charge on any atom is 0.253 e. The van der Waals surface area contributed by atoms with Crippen LogP contribution in [0.4, 0.5) is 0 Å². The average molecular weight is 266 g/mol. The number of alkyl halides is 1. The lowest BCUT2D eigenvalue weighted by molar-refractivity contribution is 0.0956. The summed E-state index contributed by atoms with van der Waals surface area (Å²) < 4.78 is 0. The highest BCUT2D eigenvalue weighted by molar-refractivity contribution is 6.18. The number of carbonyl (C=O) groups excluding carboxylic acids is 2.